The molecule has 1 heterocycles. The second-order valence-electron chi connectivity index (χ2n) is 7.00. The Labute approximate surface area is 135 Å². The molecule has 2 atom stereocenters. The molecule has 0 aliphatic carbocycles. The summed E-state index contributed by atoms with van der Waals surface area (Å²) >= 11 is 0. The van der Waals surface area contributed by atoms with Crippen LogP contribution in [0.1, 0.15) is 47.0 Å². The van der Waals surface area contributed by atoms with Crippen molar-refractivity contribution in [2.24, 2.45) is 5.92 Å². The van der Waals surface area contributed by atoms with Crippen molar-refractivity contribution >= 4 is 15.9 Å². The molecule has 1 amide bonds. The lowest BCUT2D eigenvalue weighted by atomic mass is 9.91. The lowest BCUT2D eigenvalue weighted by Gasteiger charge is -2.43. The number of hydrogen-bond donors (Lipinski definition) is 2. The van der Waals surface area contributed by atoms with Crippen molar-refractivity contribution in [2.75, 3.05) is 25.9 Å². The fourth-order valence-corrected chi connectivity index (χ4v) is 3.64. The van der Waals surface area contributed by atoms with Crippen molar-refractivity contribution in [1.29, 1.82) is 0 Å². The number of rotatable bonds is 7. The molecule has 0 spiro atoms. The maximum Gasteiger partial charge on any atom is 0.237 e. The first-order chi connectivity index (χ1) is 10.0. The van der Waals surface area contributed by atoms with Crippen molar-refractivity contribution in [3.63, 3.8) is 0 Å². The fourth-order valence-electron chi connectivity index (χ4n) is 2.89. The third kappa shape index (κ3) is 6.22. The first kappa shape index (κ1) is 19.4. The zero-order chi connectivity index (χ0) is 17.0. The number of amides is 1. The average molecular weight is 333 g/mol. The molecule has 0 aromatic carbocycles. The summed E-state index contributed by atoms with van der Waals surface area (Å²) in [7, 11) is -3.37. The summed E-state index contributed by atoms with van der Waals surface area (Å²) in [5, 5.41) is 2.87. The van der Waals surface area contributed by atoms with Crippen LogP contribution in [0.4, 0.5) is 0 Å². The van der Waals surface area contributed by atoms with Crippen molar-refractivity contribution in [3.8, 4) is 0 Å². The van der Waals surface area contributed by atoms with E-state index in [0.29, 0.717) is 6.54 Å². The Morgan fingerprint density at radius 3 is 2.59 bits per heavy atom. The molecule has 22 heavy (non-hydrogen) atoms. The minimum atomic E-state index is -3.37. The van der Waals surface area contributed by atoms with E-state index in [2.05, 4.69) is 35.7 Å². The number of carbonyl (C=O) groups is 1. The molecule has 0 bridgehead atoms. The van der Waals surface area contributed by atoms with Gasteiger partial charge in [0.1, 0.15) is 0 Å². The van der Waals surface area contributed by atoms with Gasteiger partial charge in [-0.05, 0) is 46.1 Å². The Hall–Kier alpha value is -0.660. The van der Waals surface area contributed by atoms with Gasteiger partial charge >= 0.3 is 0 Å². The SMILES string of the molecule is CC[C@@H]1CCCN(C(C)(C)CNC(=O)[C@H](C)NS(C)(=O)=O)C1. The predicted octanol–water partition coefficient (Wildman–Crippen LogP) is 0.941. The van der Waals surface area contributed by atoms with Gasteiger partial charge in [0.25, 0.3) is 0 Å². The summed E-state index contributed by atoms with van der Waals surface area (Å²) < 4.78 is 24.6. The smallest absolute Gasteiger partial charge is 0.237 e. The third-order valence-electron chi connectivity index (χ3n) is 4.43. The first-order valence-corrected chi connectivity index (χ1v) is 9.94. The Balaban J connectivity index is 2.52. The monoisotopic (exact) mass is 333 g/mol. The van der Waals surface area contributed by atoms with Crippen molar-refractivity contribution in [3.05, 3.63) is 0 Å². The third-order valence-corrected chi connectivity index (χ3v) is 5.21. The highest BCUT2D eigenvalue weighted by Crippen LogP contribution is 2.25. The van der Waals surface area contributed by atoms with Gasteiger partial charge in [-0.25, -0.2) is 13.1 Å². The average Bonchev–Trinajstić information content (AvgIpc) is 2.43. The van der Waals surface area contributed by atoms with E-state index in [-0.39, 0.29) is 11.4 Å². The largest absolute Gasteiger partial charge is 0.353 e. The normalized spacial score (nSPS) is 22.3. The number of nitrogens with one attached hydrogen (secondary N) is 2. The van der Waals surface area contributed by atoms with E-state index >= 15 is 0 Å². The van der Waals surface area contributed by atoms with Crippen LogP contribution in [0.25, 0.3) is 0 Å². The Bertz CT molecular complexity index is 476. The van der Waals surface area contributed by atoms with Gasteiger partial charge in [-0.3, -0.25) is 9.69 Å². The molecular formula is C15H31N3O3S. The van der Waals surface area contributed by atoms with Crippen LogP contribution in [-0.4, -0.2) is 56.7 Å². The predicted molar refractivity (Wildman–Crippen MR) is 89.1 cm³/mol. The molecule has 1 fully saturated rings. The topological polar surface area (TPSA) is 78.5 Å². The Kier molecular flexibility index (Phi) is 6.83. The molecule has 1 aliphatic heterocycles. The minimum Gasteiger partial charge on any atom is -0.353 e. The summed E-state index contributed by atoms with van der Waals surface area (Å²) in [5.74, 6) is 0.442. The molecule has 0 unspecified atom stereocenters. The molecule has 7 heteroatoms. The highest BCUT2D eigenvalue weighted by molar-refractivity contribution is 7.88. The van der Waals surface area contributed by atoms with E-state index in [9.17, 15) is 13.2 Å². The van der Waals surface area contributed by atoms with Crippen LogP contribution in [0, 0.1) is 5.92 Å². The summed E-state index contributed by atoms with van der Waals surface area (Å²) in [6, 6.07) is -0.754. The van der Waals surface area contributed by atoms with Crippen molar-refractivity contribution in [1.82, 2.24) is 14.9 Å². The van der Waals surface area contributed by atoms with Crippen LogP contribution in [-0.2, 0) is 14.8 Å². The number of carbonyl (C=O) groups excluding carboxylic acids is 1. The van der Waals surface area contributed by atoms with E-state index < -0.39 is 16.1 Å². The van der Waals surface area contributed by atoms with Crippen molar-refractivity contribution < 1.29 is 13.2 Å². The molecule has 1 saturated heterocycles. The van der Waals surface area contributed by atoms with Crippen LogP contribution in [0.2, 0.25) is 0 Å². The molecule has 0 aromatic rings. The number of piperidine rings is 1. The van der Waals surface area contributed by atoms with E-state index in [4.69, 9.17) is 0 Å². The van der Waals surface area contributed by atoms with Crippen LogP contribution in [0.3, 0.4) is 0 Å². The maximum absolute atomic E-state index is 12.0. The van der Waals surface area contributed by atoms with Gasteiger partial charge in [0.15, 0.2) is 0 Å². The van der Waals surface area contributed by atoms with Crippen LogP contribution in [0.15, 0.2) is 0 Å². The molecule has 2 N–H and O–H groups in total. The van der Waals surface area contributed by atoms with Crippen LogP contribution in [0.5, 0.6) is 0 Å². The molecule has 1 rings (SSSR count). The highest BCUT2D eigenvalue weighted by atomic mass is 32.2. The van der Waals surface area contributed by atoms with Gasteiger partial charge in [0.2, 0.25) is 15.9 Å². The highest BCUT2D eigenvalue weighted by Gasteiger charge is 2.31. The van der Waals surface area contributed by atoms with Crippen LogP contribution < -0.4 is 10.0 Å². The minimum absolute atomic E-state index is 0.131. The second kappa shape index (κ2) is 7.75. The molecule has 6 nitrogen and oxygen atoms in total. The van der Waals surface area contributed by atoms with E-state index in [1.54, 1.807) is 6.92 Å². The van der Waals surface area contributed by atoms with Gasteiger partial charge in [-0.15, -0.1) is 0 Å². The number of likely N-dealkylation sites (tertiary alicyclic amines) is 1. The van der Waals surface area contributed by atoms with Gasteiger partial charge in [-0.1, -0.05) is 13.3 Å². The van der Waals surface area contributed by atoms with Gasteiger partial charge in [0.05, 0.1) is 12.3 Å². The fraction of sp³-hybridized carbons (Fsp3) is 0.933. The summed E-state index contributed by atoms with van der Waals surface area (Å²) in [6.07, 6.45) is 4.72. The van der Waals surface area contributed by atoms with Crippen LogP contribution >= 0.6 is 0 Å². The molecule has 0 saturated carbocycles. The standard InChI is InChI=1S/C15H31N3O3S/c1-6-13-8-7-9-18(10-13)15(3,4)11-16-14(19)12(2)17-22(5,20)21/h12-13,17H,6-11H2,1-5H3,(H,16,19)/t12-,13+/m0/s1. The first-order valence-electron chi connectivity index (χ1n) is 8.05. The van der Waals surface area contributed by atoms with Gasteiger partial charge in [0, 0.05) is 18.6 Å². The maximum atomic E-state index is 12.0. The Morgan fingerprint density at radius 1 is 1.41 bits per heavy atom. The number of nitrogens with zero attached hydrogens (tertiary/aromatic N) is 1. The van der Waals surface area contributed by atoms with E-state index in [0.717, 1.165) is 25.3 Å². The molecular weight excluding hydrogens is 302 g/mol. The molecule has 130 valence electrons. The molecule has 0 radical (unpaired) electrons. The molecule has 0 aromatic heterocycles. The Morgan fingerprint density at radius 2 is 2.05 bits per heavy atom. The molecule has 1 aliphatic rings. The van der Waals surface area contributed by atoms with E-state index in [1.165, 1.54) is 19.3 Å². The van der Waals surface area contributed by atoms with Gasteiger partial charge < -0.3 is 5.32 Å². The second-order valence-corrected chi connectivity index (χ2v) is 8.78. The lowest BCUT2D eigenvalue weighted by Crippen LogP contribution is -2.56. The number of hydrogen-bond acceptors (Lipinski definition) is 4. The number of sulfonamides is 1. The van der Waals surface area contributed by atoms with E-state index in [1.807, 2.05) is 0 Å². The zero-order valence-electron chi connectivity index (χ0n) is 14.5. The quantitative estimate of drug-likeness (QED) is 0.727. The van der Waals surface area contributed by atoms with Gasteiger partial charge in [-0.2, -0.15) is 0 Å². The zero-order valence-corrected chi connectivity index (χ0v) is 15.3. The summed E-state index contributed by atoms with van der Waals surface area (Å²) in [6.45, 7) is 10.7. The lowest BCUT2D eigenvalue weighted by molar-refractivity contribution is -0.123. The summed E-state index contributed by atoms with van der Waals surface area (Å²) in [5.41, 5.74) is -0.131. The van der Waals surface area contributed by atoms with Crippen molar-refractivity contribution in [2.45, 2.75) is 58.5 Å². The summed E-state index contributed by atoms with van der Waals surface area (Å²) in [4.78, 5) is 14.4.